The van der Waals surface area contributed by atoms with Gasteiger partial charge in [-0.25, -0.2) is 0 Å². The monoisotopic (exact) mass is 370 g/mol. The summed E-state index contributed by atoms with van der Waals surface area (Å²) in [5.74, 6) is -0.339. The zero-order valence-electron chi connectivity index (χ0n) is 14.6. The summed E-state index contributed by atoms with van der Waals surface area (Å²) in [5, 5.41) is 19.5. The number of hydrogen-bond acceptors (Lipinski definition) is 5. The van der Waals surface area contributed by atoms with Crippen molar-refractivity contribution in [3.05, 3.63) is 59.2 Å². The quantitative estimate of drug-likeness (QED) is 0.493. The van der Waals surface area contributed by atoms with E-state index in [9.17, 15) is 18.1 Å². The van der Waals surface area contributed by atoms with Gasteiger partial charge in [0.2, 0.25) is 0 Å². The van der Waals surface area contributed by atoms with Crippen LogP contribution in [0.4, 0.5) is 11.4 Å². The molecule has 0 amide bonds. The van der Waals surface area contributed by atoms with Crippen LogP contribution in [0.1, 0.15) is 16.7 Å². The van der Waals surface area contributed by atoms with Gasteiger partial charge in [0, 0.05) is 5.39 Å². The zero-order valence-corrected chi connectivity index (χ0v) is 15.4. The standard InChI is InChI=1S/C19H18N2O4S/c1-11-4-7-14(8-5-11)20-21-18-17(26(23,24)25)10-16-13(3)12(2)6-9-15(16)19(18)22/h4-10,22H,1-3H3,(H,23,24,25). The molecule has 6 nitrogen and oxygen atoms in total. The molecule has 0 aliphatic carbocycles. The molecule has 134 valence electrons. The van der Waals surface area contributed by atoms with Crippen molar-refractivity contribution in [2.45, 2.75) is 25.7 Å². The number of phenolic OH excluding ortho intramolecular Hbond substituents is 1. The number of fused-ring (bicyclic) bond motifs is 1. The minimum absolute atomic E-state index is 0.288. The minimum Gasteiger partial charge on any atom is -0.505 e. The first-order chi connectivity index (χ1) is 12.2. The molecule has 2 N–H and O–H groups in total. The Labute approximate surface area is 151 Å². The Morgan fingerprint density at radius 1 is 0.885 bits per heavy atom. The topological polar surface area (TPSA) is 99.3 Å². The van der Waals surface area contributed by atoms with E-state index in [1.807, 2.05) is 39.0 Å². The molecule has 3 rings (SSSR count). The van der Waals surface area contributed by atoms with Crippen LogP contribution in [0.15, 0.2) is 57.6 Å². The van der Waals surface area contributed by atoms with E-state index in [1.165, 1.54) is 6.07 Å². The average molecular weight is 370 g/mol. The first kappa shape index (κ1) is 18.0. The van der Waals surface area contributed by atoms with Gasteiger partial charge in [-0.05, 0) is 55.5 Å². The van der Waals surface area contributed by atoms with Crippen LogP contribution in [-0.4, -0.2) is 18.1 Å². The summed E-state index contributed by atoms with van der Waals surface area (Å²) in [4.78, 5) is -0.480. The Hall–Kier alpha value is -2.77. The van der Waals surface area contributed by atoms with Gasteiger partial charge in [-0.1, -0.05) is 29.8 Å². The number of aryl methyl sites for hydroxylation is 3. The lowest BCUT2D eigenvalue weighted by molar-refractivity contribution is 0.472. The molecule has 3 aromatic rings. The Morgan fingerprint density at radius 3 is 2.15 bits per heavy atom. The molecular weight excluding hydrogens is 352 g/mol. The lowest BCUT2D eigenvalue weighted by atomic mass is 10.00. The molecule has 0 aliphatic heterocycles. The summed E-state index contributed by atoms with van der Waals surface area (Å²) >= 11 is 0. The summed E-state index contributed by atoms with van der Waals surface area (Å²) in [5.41, 5.74) is 3.00. The highest BCUT2D eigenvalue weighted by atomic mass is 32.2. The second kappa shape index (κ2) is 6.51. The van der Waals surface area contributed by atoms with Crippen LogP contribution in [0.2, 0.25) is 0 Å². The van der Waals surface area contributed by atoms with Crippen molar-refractivity contribution < 1.29 is 18.1 Å². The van der Waals surface area contributed by atoms with Crippen molar-refractivity contribution in [1.29, 1.82) is 0 Å². The van der Waals surface area contributed by atoms with Gasteiger partial charge in [0.15, 0.2) is 5.75 Å². The lowest BCUT2D eigenvalue weighted by Crippen LogP contribution is -1.99. The van der Waals surface area contributed by atoms with E-state index in [0.717, 1.165) is 16.7 Å². The molecule has 7 heteroatoms. The molecule has 3 aromatic carbocycles. The first-order valence-corrected chi connectivity index (χ1v) is 9.34. The Morgan fingerprint density at radius 2 is 1.54 bits per heavy atom. The predicted octanol–water partition coefficient (Wildman–Crippen LogP) is 5.13. The predicted molar refractivity (Wildman–Crippen MR) is 100 cm³/mol. The average Bonchev–Trinajstić information content (AvgIpc) is 2.58. The second-order valence-electron chi connectivity index (χ2n) is 6.19. The van der Waals surface area contributed by atoms with Crippen LogP contribution in [0, 0.1) is 20.8 Å². The highest BCUT2D eigenvalue weighted by Crippen LogP contribution is 2.42. The van der Waals surface area contributed by atoms with Crippen LogP contribution >= 0.6 is 0 Å². The fourth-order valence-electron chi connectivity index (χ4n) is 2.69. The lowest BCUT2D eigenvalue weighted by Gasteiger charge is -2.12. The summed E-state index contributed by atoms with van der Waals surface area (Å²) in [6.45, 7) is 5.62. The van der Waals surface area contributed by atoms with Crippen molar-refractivity contribution in [2.24, 2.45) is 10.2 Å². The van der Waals surface area contributed by atoms with E-state index < -0.39 is 15.0 Å². The molecule has 0 unspecified atom stereocenters. The van der Waals surface area contributed by atoms with E-state index in [1.54, 1.807) is 18.2 Å². The summed E-state index contributed by atoms with van der Waals surface area (Å²) in [6, 6.07) is 11.9. The molecule has 0 heterocycles. The molecule has 0 spiro atoms. The van der Waals surface area contributed by atoms with Gasteiger partial charge in [0.05, 0.1) is 5.69 Å². The largest absolute Gasteiger partial charge is 0.505 e. The number of azo groups is 1. The highest BCUT2D eigenvalue weighted by Gasteiger charge is 2.22. The van der Waals surface area contributed by atoms with Crippen molar-refractivity contribution in [3.63, 3.8) is 0 Å². The number of phenols is 1. The maximum absolute atomic E-state index is 11.8. The second-order valence-corrected chi connectivity index (χ2v) is 7.58. The van der Waals surface area contributed by atoms with Gasteiger partial charge in [-0.15, -0.1) is 5.11 Å². The Bertz CT molecular complexity index is 1130. The van der Waals surface area contributed by atoms with E-state index in [-0.39, 0.29) is 11.4 Å². The molecule has 0 aromatic heterocycles. The van der Waals surface area contributed by atoms with E-state index in [2.05, 4.69) is 10.2 Å². The zero-order chi connectivity index (χ0) is 19.1. The SMILES string of the molecule is Cc1ccc(N=Nc2c(S(=O)(=O)O)cc3c(C)c(C)ccc3c2O)cc1. The number of nitrogens with zero attached hydrogens (tertiary/aromatic N) is 2. The minimum atomic E-state index is -4.60. The van der Waals surface area contributed by atoms with E-state index in [0.29, 0.717) is 16.5 Å². The molecule has 0 saturated heterocycles. The Kier molecular flexibility index (Phi) is 4.52. The fraction of sp³-hybridized carbons (Fsp3) is 0.158. The van der Waals surface area contributed by atoms with Crippen molar-refractivity contribution in [1.82, 2.24) is 0 Å². The van der Waals surface area contributed by atoms with Crippen molar-refractivity contribution >= 4 is 32.3 Å². The molecule has 0 radical (unpaired) electrons. The Balaban J connectivity index is 2.28. The molecule has 0 bridgehead atoms. The van der Waals surface area contributed by atoms with Gasteiger partial charge in [-0.2, -0.15) is 13.5 Å². The van der Waals surface area contributed by atoms with Gasteiger partial charge < -0.3 is 5.11 Å². The van der Waals surface area contributed by atoms with E-state index in [4.69, 9.17) is 0 Å². The highest BCUT2D eigenvalue weighted by molar-refractivity contribution is 7.86. The molecule has 0 atom stereocenters. The summed E-state index contributed by atoms with van der Waals surface area (Å²) < 4.78 is 33.3. The van der Waals surface area contributed by atoms with E-state index >= 15 is 0 Å². The van der Waals surface area contributed by atoms with Gasteiger partial charge in [0.25, 0.3) is 10.1 Å². The van der Waals surface area contributed by atoms with Crippen molar-refractivity contribution in [2.75, 3.05) is 0 Å². The molecule has 0 aliphatic rings. The van der Waals surface area contributed by atoms with Crippen molar-refractivity contribution in [3.8, 4) is 5.75 Å². The summed E-state index contributed by atoms with van der Waals surface area (Å²) in [7, 11) is -4.60. The maximum atomic E-state index is 11.8. The van der Waals surface area contributed by atoms with Gasteiger partial charge in [0.1, 0.15) is 10.6 Å². The molecular formula is C19H18N2O4S. The number of rotatable bonds is 3. The third-order valence-electron chi connectivity index (χ3n) is 4.35. The third kappa shape index (κ3) is 3.31. The number of aromatic hydroxyl groups is 1. The number of benzene rings is 3. The van der Waals surface area contributed by atoms with Gasteiger partial charge in [-0.3, -0.25) is 4.55 Å². The van der Waals surface area contributed by atoms with Crippen LogP contribution in [0.25, 0.3) is 10.8 Å². The summed E-state index contributed by atoms with van der Waals surface area (Å²) in [6.07, 6.45) is 0. The van der Waals surface area contributed by atoms with Crippen LogP contribution in [0.3, 0.4) is 0 Å². The molecule has 0 saturated carbocycles. The normalized spacial score (nSPS) is 12.2. The molecule has 26 heavy (non-hydrogen) atoms. The smallest absolute Gasteiger partial charge is 0.296 e. The molecule has 0 fully saturated rings. The van der Waals surface area contributed by atoms with Gasteiger partial charge >= 0.3 is 0 Å². The van der Waals surface area contributed by atoms with Crippen LogP contribution in [0.5, 0.6) is 5.75 Å². The van der Waals surface area contributed by atoms with Crippen LogP contribution in [-0.2, 0) is 10.1 Å². The number of hydrogen-bond donors (Lipinski definition) is 2. The van der Waals surface area contributed by atoms with Crippen LogP contribution < -0.4 is 0 Å². The third-order valence-corrected chi connectivity index (χ3v) is 5.22. The maximum Gasteiger partial charge on any atom is 0.296 e. The first-order valence-electron chi connectivity index (χ1n) is 7.90. The fourth-order valence-corrected chi connectivity index (χ4v) is 3.33.